The number of hydrogen-bond donors (Lipinski definition) is 2. The van der Waals surface area contributed by atoms with Crippen molar-refractivity contribution < 1.29 is 19.4 Å². The van der Waals surface area contributed by atoms with Crippen molar-refractivity contribution in [1.82, 2.24) is 14.9 Å². The average molecular weight is 330 g/mol. The highest BCUT2D eigenvalue weighted by atomic mass is 32.1. The summed E-state index contributed by atoms with van der Waals surface area (Å²) in [4.78, 5) is 20.1. The lowest BCUT2D eigenvalue weighted by atomic mass is 10.4. The number of nitrogens with zero attached hydrogens (tertiary/aromatic N) is 3. The number of thiocarbonyl (C=S) groups is 2. The van der Waals surface area contributed by atoms with E-state index in [4.69, 9.17) is 33.9 Å². The van der Waals surface area contributed by atoms with E-state index in [0.29, 0.717) is 6.42 Å². The third-order valence-electron chi connectivity index (χ3n) is 2.31. The van der Waals surface area contributed by atoms with Gasteiger partial charge in [0.25, 0.3) is 0 Å². The highest BCUT2D eigenvalue weighted by Crippen LogP contribution is 2.23. The number of hydrogen-bond acceptors (Lipinski definition) is 7. The Morgan fingerprint density at radius 3 is 2.57 bits per heavy atom. The maximum absolute atomic E-state index is 11.2. The Morgan fingerprint density at radius 2 is 2.10 bits per heavy atom. The lowest BCUT2D eigenvalue weighted by Gasteiger charge is -2.21. The second kappa shape index (κ2) is 7.64. The van der Waals surface area contributed by atoms with Gasteiger partial charge in [-0.2, -0.15) is 9.97 Å². The molecule has 2 N–H and O–H groups in total. The molecule has 0 aliphatic carbocycles. The first-order valence-electron chi connectivity index (χ1n) is 5.76. The zero-order chi connectivity index (χ0) is 16.0. The first-order chi connectivity index (χ1) is 9.94. The molecular weight excluding hydrogens is 316 g/mol. The molecule has 0 aliphatic rings. The molecule has 0 aromatic carbocycles. The smallest absolute Gasteiger partial charge is 0.418 e. The fourth-order valence-electron chi connectivity index (χ4n) is 1.31. The van der Waals surface area contributed by atoms with Crippen LogP contribution in [0, 0.1) is 0 Å². The number of methoxy groups -OCH3 is 2. The molecule has 10 heteroatoms. The molecule has 1 aromatic rings. The van der Waals surface area contributed by atoms with Crippen molar-refractivity contribution in [3.8, 4) is 11.8 Å². The predicted molar refractivity (Wildman–Crippen MR) is 84.1 cm³/mol. The van der Waals surface area contributed by atoms with E-state index in [1.807, 2.05) is 0 Å². The monoisotopic (exact) mass is 330 g/mol. The standard InChI is InChI=1S/C11H14N4O4S2/c1-4-7(20)15(11(16)17)10(21)14-8-6(18-2)5-12-9(13-8)19-3/h5H,4H2,1-3H3,(H,16,17)(H,12,13,14,21). The molecule has 0 spiro atoms. The molecule has 1 rings (SSSR count). The van der Waals surface area contributed by atoms with Crippen LogP contribution in [0.2, 0.25) is 0 Å². The summed E-state index contributed by atoms with van der Waals surface area (Å²) in [7, 11) is 2.82. The van der Waals surface area contributed by atoms with Crippen LogP contribution in [-0.2, 0) is 0 Å². The topological polar surface area (TPSA) is 96.8 Å². The van der Waals surface area contributed by atoms with Gasteiger partial charge in [-0.1, -0.05) is 19.1 Å². The van der Waals surface area contributed by atoms with Gasteiger partial charge < -0.3 is 19.9 Å². The van der Waals surface area contributed by atoms with Crippen LogP contribution in [0.4, 0.5) is 10.6 Å². The average Bonchev–Trinajstić information content (AvgIpc) is 2.46. The van der Waals surface area contributed by atoms with Gasteiger partial charge in [0.2, 0.25) is 0 Å². The summed E-state index contributed by atoms with van der Waals surface area (Å²) in [5.74, 6) is 0.463. The number of aromatic nitrogens is 2. The lowest BCUT2D eigenvalue weighted by Crippen LogP contribution is -2.42. The highest BCUT2D eigenvalue weighted by Gasteiger charge is 2.22. The summed E-state index contributed by atoms with van der Waals surface area (Å²) in [6.07, 6.45) is 0.451. The van der Waals surface area contributed by atoms with Gasteiger partial charge in [0.15, 0.2) is 16.7 Å². The summed E-state index contributed by atoms with van der Waals surface area (Å²) in [6.45, 7) is 1.73. The van der Waals surface area contributed by atoms with E-state index in [1.165, 1.54) is 20.4 Å². The molecule has 1 heterocycles. The number of rotatable bonds is 4. The maximum atomic E-state index is 11.2. The van der Waals surface area contributed by atoms with Crippen molar-refractivity contribution in [3.63, 3.8) is 0 Å². The van der Waals surface area contributed by atoms with Crippen molar-refractivity contribution in [2.45, 2.75) is 13.3 Å². The van der Waals surface area contributed by atoms with Crippen LogP contribution in [0.3, 0.4) is 0 Å². The van der Waals surface area contributed by atoms with Gasteiger partial charge in [0.1, 0.15) is 0 Å². The zero-order valence-corrected chi connectivity index (χ0v) is 13.2. The fourth-order valence-corrected chi connectivity index (χ4v) is 1.83. The van der Waals surface area contributed by atoms with Crippen molar-refractivity contribution in [2.24, 2.45) is 0 Å². The minimum absolute atomic E-state index is 0.0843. The molecule has 114 valence electrons. The van der Waals surface area contributed by atoms with Gasteiger partial charge in [-0.05, 0) is 18.6 Å². The quantitative estimate of drug-likeness (QED) is 0.802. The van der Waals surface area contributed by atoms with E-state index < -0.39 is 6.09 Å². The van der Waals surface area contributed by atoms with E-state index in [1.54, 1.807) is 6.92 Å². The highest BCUT2D eigenvalue weighted by molar-refractivity contribution is 7.82. The minimum atomic E-state index is -1.28. The van der Waals surface area contributed by atoms with Crippen LogP contribution in [0.15, 0.2) is 6.20 Å². The molecule has 8 nitrogen and oxygen atoms in total. The van der Waals surface area contributed by atoms with E-state index >= 15 is 0 Å². The Balaban J connectivity index is 3.05. The number of nitrogens with one attached hydrogen (secondary N) is 1. The second-order valence-corrected chi connectivity index (χ2v) is 4.43. The van der Waals surface area contributed by atoms with Crippen molar-refractivity contribution >= 4 is 46.4 Å². The van der Waals surface area contributed by atoms with Gasteiger partial charge >= 0.3 is 12.1 Å². The Morgan fingerprint density at radius 1 is 1.43 bits per heavy atom. The van der Waals surface area contributed by atoms with Gasteiger partial charge in [-0.3, -0.25) is 0 Å². The molecule has 0 atom stereocenters. The Bertz CT molecular complexity index is 567. The molecule has 0 bridgehead atoms. The van der Waals surface area contributed by atoms with E-state index in [0.717, 1.165) is 4.90 Å². The lowest BCUT2D eigenvalue weighted by molar-refractivity contribution is 0.184. The third-order valence-corrected chi connectivity index (χ3v) is 3.06. The molecule has 0 unspecified atom stereocenters. The summed E-state index contributed by atoms with van der Waals surface area (Å²) in [5, 5.41) is 11.7. The Hall–Kier alpha value is -2.07. The van der Waals surface area contributed by atoms with Crippen LogP contribution < -0.4 is 14.8 Å². The molecule has 0 radical (unpaired) electrons. The number of carboxylic acid groups (broad SMARTS) is 1. The molecule has 1 amide bonds. The molecule has 0 saturated heterocycles. The van der Waals surface area contributed by atoms with Gasteiger partial charge in [-0.25, -0.2) is 9.69 Å². The van der Waals surface area contributed by atoms with Gasteiger partial charge in [0, 0.05) is 0 Å². The normalized spacial score (nSPS) is 9.67. The van der Waals surface area contributed by atoms with Gasteiger partial charge in [-0.15, -0.1) is 0 Å². The number of anilines is 1. The first-order valence-corrected chi connectivity index (χ1v) is 6.58. The molecule has 0 saturated carbocycles. The summed E-state index contributed by atoms with van der Waals surface area (Å²) in [6, 6.07) is 0.0843. The van der Waals surface area contributed by atoms with Crippen molar-refractivity contribution in [1.29, 1.82) is 0 Å². The Kier molecular flexibility index (Phi) is 6.18. The summed E-state index contributed by atoms with van der Waals surface area (Å²) >= 11 is 10.0. The maximum Gasteiger partial charge on any atom is 0.418 e. The third kappa shape index (κ3) is 4.20. The summed E-state index contributed by atoms with van der Waals surface area (Å²) in [5.41, 5.74) is 0. The van der Waals surface area contributed by atoms with Crippen LogP contribution in [0.5, 0.6) is 11.8 Å². The Labute approximate surface area is 132 Å². The van der Waals surface area contributed by atoms with Crippen molar-refractivity contribution in [2.75, 3.05) is 19.5 Å². The second-order valence-electron chi connectivity index (χ2n) is 3.57. The van der Waals surface area contributed by atoms with Crippen LogP contribution in [-0.4, -0.2) is 50.4 Å². The van der Waals surface area contributed by atoms with Crippen LogP contribution >= 0.6 is 24.4 Å². The number of ether oxygens (including phenoxy) is 2. The molecular formula is C11H14N4O4S2. The van der Waals surface area contributed by atoms with Gasteiger partial charge in [0.05, 0.1) is 25.4 Å². The van der Waals surface area contributed by atoms with E-state index in [9.17, 15) is 9.90 Å². The van der Waals surface area contributed by atoms with E-state index in [-0.39, 0.29) is 27.7 Å². The molecule has 0 aliphatic heterocycles. The largest absolute Gasteiger partial charge is 0.491 e. The number of carbonyl (C=O) groups is 1. The molecule has 21 heavy (non-hydrogen) atoms. The number of amides is 1. The summed E-state index contributed by atoms with van der Waals surface area (Å²) < 4.78 is 9.97. The zero-order valence-electron chi connectivity index (χ0n) is 11.6. The predicted octanol–water partition coefficient (Wildman–Crippen LogP) is 1.91. The SMILES string of the molecule is CCC(=S)N(C(=O)O)C(=S)Nc1nc(OC)ncc1OC. The fraction of sp³-hybridized carbons (Fsp3) is 0.364. The van der Waals surface area contributed by atoms with Crippen molar-refractivity contribution in [3.05, 3.63) is 6.20 Å². The molecule has 0 fully saturated rings. The van der Waals surface area contributed by atoms with Crippen LogP contribution in [0.25, 0.3) is 0 Å². The molecule has 1 aromatic heterocycles. The van der Waals surface area contributed by atoms with E-state index in [2.05, 4.69) is 15.3 Å². The van der Waals surface area contributed by atoms with Crippen LogP contribution in [0.1, 0.15) is 13.3 Å². The first kappa shape index (κ1) is 17.0. The minimum Gasteiger partial charge on any atom is -0.491 e.